The van der Waals surface area contributed by atoms with Gasteiger partial charge in [-0.25, -0.2) is 4.79 Å². The summed E-state index contributed by atoms with van der Waals surface area (Å²) in [6.07, 6.45) is 4.33. The summed E-state index contributed by atoms with van der Waals surface area (Å²) in [4.78, 5) is 25.0. The number of nitrogens with one attached hydrogen (secondary N) is 1. The number of amides is 2. The molecule has 0 aromatic heterocycles. The van der Waals surface area contributed by atoms with E-state index in [9.17, 15) is 9.59 Å². The van der Waals surface area contributed by atoms with Gasteiger partial charge in [0.25, 0.3) is 0 Å². The predicted octanol–water partition coefficient (Wildman–Crippen LogP) is 1.21. The van der Waals surface area contributed by atoms with Crippen LogP contribution in [0.2, 0.25) is 0 Å². The van der Waals surface area contributed by atoms with E-state index < -0.39 is 11.5 Å². The lowest BCUT2D eigenvalue weighted by Gasteiger charge is -2.32. The Balaban J connectivity index is 1.96. The topological polar surface area (TPSA) is 78.9 Å². The van der Waals surface area contributed by atoms with Crippen LogP contribution < -0.4 is 5.32 Å². The Bertz CT molecular complexity index is 332. The van der Waals surface area contributed by atoms with Gasteiger partial charge in [-0.3, -0.25) is 4.79 Å². The Kier molecular flexibility index (Phi) is 4.63. The van der Waals surface area contributed by atoms with Crippen LogP contribution in [0.1, 0.15) is 38.5 Å². The average Bonchev–Trinajstić information content (AvgIpc) is 2.65. The first-order valence-electron chi connectivity index (χ1n) is 6.98. The van der Waals surface area contributed by atoms with E-state index in [1.807, 2.05) is 0 Å². The number of carbonyl (C=O) groups excluding carboxylic acids is 1. The van der Waals surface area contributed by atoms with E-state index in [1.165, 1.54) is 0 Å². The molecule has 0 radical (unpaired) electrons. The predicted molar refractivity (Wildman–Crippen MR) is 69.0 cm³/mol. The summed E-state index contributed by atoms with van der Waals surface area (Å²) in [5.41, 5.74) is -0.546. The van der Waals surface area contributed by atoms with Gasteiger partial charge in [0.2, 0.25) is 0 Å². The lowest BCUT2D eigenvalue weighted by molar-refractivity contribution is -0.138. The van der Waals surface area contributed by atoms with Crippen LogP contribution in [0.3, 0.4) is 0 Å². The van der Waals surface area contributed by atoms with Crippen LogP contribution in [0.15, 0.2) is 0 Å². The molecule has 2 aliphatic rings. The maximum Gasteiger partial charge on any atom is 0.317 e. The minimum absolute atomic E-state index is 0.0169. The van der Waals surface area contributed by atoms with Crippen molar-refractivity contribution in [1.82, 2.24) is 10.2 Å². The van der Waals surface area contributed by atoms with Crippen molar-refractivity contribution in [2.75, 3.05) is 26.3 Å². The third kappa shape index (κ3) is 3.83. The van der Waals surface area contributed by atoms with Crippen LogP contribution in [0.5, 0.6) is 0 Å². The molecule has 1 aliphatic heterocycles. The molecule has 2 fully saturated rings. The standard InChI is InChI=1S/C13H22N2O4/c16-11(17)10-13(4-1-2-5-13)14-12(18)15-6-3-8-19-9-7-15/h1-10H2,(H,14,18)(H,16,17). The molecule has 0 unspecified atom stereocenters. The molecule has 1 heterocycles. The average molecular weight is 270 g/mol. The normalized spacial score (nSPS) is 22.8. The third-order valence-electron chi connectivity index (χ3n) is 3.93. The number of hydrogen-bond acceptors (Lipinski definition) is 3. The summed E-state index contributed by atoms with van der Waals surface area (Å²) in [6.45, 7) is 2.49. The second kappa shape index (κ2) is 6.23. The van der Waals surface area contributed by atoms with Gasteiger partial charge in [-0.15, -0.1) is 0 Å². The number of aliphatic carboxylic acids is 1. The summed E-state index contributed by atoms with van der Waals surface area (Å²) in [5.74, 6) is -0.846. The van der Waals surface area contributed by atoms with Gasteiger partial charge in [0.1, 0.15) is 0 Å². The summed E-state index contributed by atoms with van der Waals surface area (Å²) in [7, 11) is 0. The smallest absolute Gasteiger partial charge is 0.317 e. The van der Waals surface area contributed by atoms with E-state index in [-0.39, 0.29) is 12.5 Å². The fourth-order valence-corrected chi connectivity index (χ4v) is 2.94. The fraction of sp³-hybridized carbons (Fsp3) is 0.846. The Labute approximate surface area is 113 Å². The van der Waals surface area contributed by atoms with Crippen LogP contribution in [-0.2, 0) is 9.53 Å². The Morgan fingerprint density at radius 2 is 1.89 bits per heavy atom. The van der Waals surface area contributed by atoms with E-state index >= 15 is 0 Å². The highest BCUT2D eigenvalue weighted by molar-refractivity contribution is 5.77. The van der Waals surface area contributed by atoms with Crippen molar-refractivity contribution in [3.63, 3.8) is 0 Å². The van der Waals surface area contributed by atoms with Crippen molar-refractivity contribution in [3.05, 3.63) is 0 Å². The summed E-state index contributed by atoms with van der Waals surface area (Å²) in [5, 5.41) is 12.0. The number of carboxylic acids is 1. The number of carbonyl (C=O) groups is 2. The van der Waals surface area contributed by atoms with Crippen LogP contribution in [-0.4, -0.2) is 53.8 Å². The number of rotatable bonds is 3. The largest absolute Gasteiger partial charge is 0.481 e. The van der Waals surface area contributed by atoms with E-state index in [1.54, 1.807) is 4.90 Å². The molecular formula is C13H22N2O4. The molecule has 1 aliphatic carbocycles. The molecule has 0 aromatic rings. The van der Waals surface area contributed by atoms with Crippen LogP contribution in [0.4, 0.5) is 4.79 Å². The zero-order valence-corrected chi connectivity index (χ0v) is 11.2. The molecule has 0 bridgehead atoms. The molecule has 2 rings (SSSR count). The fourth-order valence-electron chi connectivity index (χ4n) is 2.94. The molecule has 0 spiro atoms. The van der Waals surface area contributed by atoms with Crippen molar-refractivity contribution < 1.29 is 19.4 Å². The van der Waals surface area contributed by atoms with Gasteiger partial charge in [0.15, 0.2) is 0 Å². The van der Waals surface area contributed by atoms with Crippen molar-refractivity contribution in [2.24, 2.45) is 0 Å². The number of urea groups is 1. The van der Waals surface area contributed by atoms with Crippen molar-refractivity contribution in [2.45, 2.75) is 44.1 Å². The van der Waals surface area contributed by atoms with Gasteiger partial charge in [-0.2, -0.15) is 0 Å². The molecule has 19 heavy (non-hydrogen) atoms. The first kappa shape index (κ1) is 14.1. The second-order valence-electron chi connectivity index (χ2n) is 5.44. The van der Waals surface area contributed by atoms with E-state index in [0.29, 0.717) is 26.3 Å². The molecule has 0 atom stereocenters. The summed E-state index contributed by atoms with van der Waals surface area (Å²) in [6, 6.07) is -0.145. The monoisotopic (exact) mass is 270 g/mol. The SMILES string of the molecule is O=C(O)CC1(NC(=O)N2CCCOCC2)CCCC1. The van der Waals surface area contributed by atoms with E-state index in [0.717, 1.165) is 32.1 Å². The first-order valence-corrected chi connectivity index (χ1v) is 6.98. The van der Waals surface area contributed by atoms with Crippen LogP contribution >= 0.6 is 0 Å². The van der Waals surface area contributed by atoms with Crippen molar-refractivity contribution >= 4 is 12.0 Å². The number of nitrogens with zero attached hydrogens (tertiary/aromatic N) is 1. The van der Waals surface area contributed by atoms with Crippen molar-refractivity contribution in [3.8, 4) is 0 Å². The number of hydrogen-bond donors (Lipinski definition) is 2. The van der Waals surface area contributed by atoms with Gasteiger partial charge in [0, 0.05) is 19.7 Å². The molecule has 108 valence electrons. The van der Waals surface area contributed by atoms with Gasteiger partial charge in [-0.1, -0.05) is 12.8 Å². The molecule has 1 saturated heterocycles. The lowest BCUT2D eigenvalue weighted by atomic mass is 9.93. The first-order chi connectivity index (χ1) is 9.11. The minimum Gasteiger partial charge on any atom is -0.481 e. The van der Waals surface area contributed by atoms with E-state index in [4.69, 9.17) is 9.84 Å². The molecule has 0 aromatic carbocycles. The number of carboxylic acid groups (broad SMARTS) is 1. The Morgan fingerprint density at radius 1 is 1.16 bits per heavy atom. The highest BCUT2D eigenvalue weighted by Crippen LogP contribution is 2.32. The summed E-state index contributed by atoms with van der Waals surface area (Å²) < 4.78 is 5.32. The Morgan fingerprint density at radius 3 is 2.58 bits per heavy atom. The second-order valence-corrected chi connectivity index (χ2v) is 5.44. The zero-order chi connectivity index (χ0) is 13.7. The Hall–Kier alpha value is -1.30. The van der Waals surface area contributed by atoms with Crippen LogP contribution in [0.25, 0.3) is 0 Å². The maximum absolute atomic E-state index is 12.3. The molecule has 1 saturated carbocycles. The number of ether oxygens (including phenoxy) is 1. The highest BCUT2D eigenvalue weighted by atomic mass is 16.5. The van der Waals surface area contributed by atoms with Gasteiger partial charge in [-0.05, 0) is 19.3 Å². The van der Waals surface area contributed by atoms with Gasteiger partial charge in [0.05, 0.1) is 18.6 Å². The lowest BCUT2D eigenvalue weighted by Crippen LogP contribution is -2.53. The summed E-state index contributed by atoms with van der Waals surface area (Å²) >= 11 is 0. The molecule has 2 amide bonds. The van der Waals surface area contributed by atoms with Gasteiger partial charge >= 0.3 is 12.0 Å². The molecule has 2 N–H and O–H groups in total. The van der Waals surface area contributed by atoms with Crippen molar-refractivity contribution in [1.29, 1.82) is 0 Å². The quantitative estimate of drug-likeness (QED) is 0.808. The third-order valence-corrected chi connectivity index (χ3v) is 3.93. The molecular weight excluding hydrogens is 248 g/mol. The highest BCUT2D eigenvalue weighted by Gasteiger charge is 2.38. The minimum atomic E-state index is -0.846. The zero-order valence-electron chi connectivity index (χ0n) is 11.2. The van der Waals surface area contributed by atoms with Gasteiger partial charge < -0.3 is 20.1 Å². The van der Waals surface area contributed by atoms with E-state index in [2.05, 4.69) is 5.32 Å². The maximum atomic E-state index is 12.3. The van der Waals surface area contributed by atoms with Crippen LogP contribution in [0, 0.1) is 0 Å². The molecule has 6 heteroatoms. The molecule has 6 nitrogen and oxygen atoms in total.